The molecule has 4 rings (SSSR count). The van der Waals surface area contributed by atoms with E-state index in [4.69, 9.17) is 0 Å². The summed E-state index contributed by atoms with van der Waals surface area (Å²) in [7, 11) is 0. The van der Waals surface area contributed by atoms with Crippen LogP contribution >= 0.6 is 0 Å². The molecule has 2 aliphatic heterocycles. The normalized spacial score (nSPS) is 20.2. The predicted octanol–water partition coefficient (Wildman–Crippen LogP) is 2.39. The minimum absolute atomic E-state index is 0.00414. The third kappa shape index (κ3) is 2.20. The second kappa shape index (κ2) is 5.54. The lowest BCUT2D eigenvalue weighted by atomic mass is 9.99. The average molecular weight is 293 g/mol. The maximum absolute atomic E-state index is 12.7. The first kappa shape index (κ1) is 13.5. The van der Waals surface area contributed by atoms with Crippen LogP contribution in [0.1, 0.15) is 18.4 Å². The minimum Gasteiger partial charge on any atom is -0.310 e. The topological polar surface area (TPSA) is 45.2 Å². The molecule has 4 heteroatoms. The van der Waals surface area contributed by atoms with Crippen molar-refractivity contribution in [3.8, 4) is 11.1 Å². The summed E-state index contributed by atoms with van der Waals surface area (Å²) in [5, 5.41) is 3.31. The largest absolute Gasteiger partial charge is 0.310 e. The highest BCUT2D eigenvalue weighted by atomic mass is 16.2. The van der Waals surface area contributed by atoms with E-state index in [2.05, 4.69) is 22.4 Å². The Kier molecular flexibility index (Phi) is 3.39. The molecule has 0 radical (unpaired) electrons. The summed E-state index contributed by atoms with van der Waals surface area (Å²) in [6.45, 7) is 1.74. The Bertz CT molecular complexity index is 693. The van der Waals surface area contributed by atoms with Crippen molar-refractivity contribution in [2.24, 2.45) is 0 Å². The van der Waals surface area contributed by atoms with Gasteiger partial charge >= 0.3 is 0 Å². The number of hydrogen-bond acceptors (Lipinski definition) is 3. The SMILES string of the molecule is O=C([C@@H]1CCCN1)N1CCc2c(-c3ccncc3)cccc21. The Balaban J connectivity index is 1.70. The van der Waals surface area contributed by atoms with Crippen LogP contribution < -0.4 is 10.2 Å². The molecule has 2 aromatic rings. The lowest BCUT2D eigenvalue weighted by Crippen LogP contribution is -2.42. The first-order valence-electron chi connectivity index (χ1n) is 7.91. The van der Waals surface area contributed by atoms with Gasteiger partial charge in [-0.25, -0.2) is 0 Å². The van der Waals surface area contributed by atoms with Crippen LogP contribution in [0.25, 0.3) is 11.1 Å². The lowest BCUT2D eigenvalue weighted by Gasteiger charge is -2.21. The van der Waals surface area contributed by atoms with Crippen LogP contribution in [0, 0.1) is 0 Å². The van der Waals surface area contributed by atoms with Gasteiger partial charge in [0.15, 0.2) is 0 Å². The molecule has 0 spiro atoms. The summed E-state index contributed by atoms with van der Waals surface area (Å²) in [4.78, 5) is 18.8. The smallest absolute Gasteiger partial charge is 0.244 e. The average Bonchev–Trinajstić information content (AvgIpc) is 3.24. The molecule has 1 atom stereocenters. The molecule has 3 heterocycles. The van der Waals surface area contributed by atoms with Gasteiger partial charge in [-0.15, -0.1) is 0 Å². The number of amides is 1. The molecule has 1 saturated heterocycles. The molecule has 0 aliphatic carbocycles. The van der Waals surface area contributed by atoms with E-state index in [1.165, 1.54) is 16.7 Å². The van der Waals surface area contributed by atoms with Crippen LogP contribution in [-0.4, -0.2) is 30.0 Å². The van der Waals surface area contributed by atoms with Gasteiger partial charge in [0.25, 0.3) is 0 Å². The molecular formula is C18H19N3O. The zero-order valence-electron chi connectivity index (χ0n) is 12.5. The molecule has 1 aromatic heterocycles. The Hall–Kier alpha value is -2.20. The van der Waals surface area contributed by atoms with Gasteiger partial charge in [-0.1, -0.05) is 12.1 Å². The number of hydrogen-bond donors (Lipinski definition) is 1. The molecule has 1 aromatic carbocycles. The zero-order valence-corrected chi connectivity index (χ0v) is 12.5. The number of rotatable bonds is 2. The van der Waals surface area contributed by atoms with Crippen molar-refractivity contribution in [1.82, 2.24) is 10.3 Å². The fourth-order valence-electron chi connectivity index (χ4n) is 3.55. The lowest BCUT2D eigenvalue weighted by molar-refractivity contribution is -0.120. The van der Waals surface area contributed by atoms with Gasteiger partial charge in [0.05, 0.1) is 6.04 Å². The Morgan fingerprint density at radius 2 is 2.09 bits per heavy atom. The molecule has 2 aliphatic rings. The van der Waals surface area contributed by atoms with Crippen molar-refractivity contribution >= 4 is 11.6 Å². The number of anilines is 1. The van der Waals surface area contributed by atoms with Crippen LogP contribution in [0.2, 0.25) is 0 Å². The Morgan fingerprint density at radius 1 is 1.23 bits per heavy atom. The first-order valence-corrected chi connectivity index (χ1v) is 7.91. The third-order valence-corrected chi connectivity index (χ3v) is 4.64. The minimum atomic E-state index is -0.00414. The molecule has 0 bridgehead atoms. The second-order valence-electron chi connectivity index (χ2n) is 5.93. The first-order chi connectivity index (χ1) is 10.8. The highest BCUT2D eigenvalue weighted by Crippen LogP contribution is 2.36. The highest BCUT2D eigenvalue weighted by molar-refractivity contribution is 6.00. The number of carbonyl (C=O) groups excluding carboxylic acids is 1. The number of fused-ring (bicyclic) bond motifs is 1. The molecule has 1 fully saturated rings. The molecule has 112 valence electrons. The van der Waals surface area contributed by atoms with Gasteiger partial charge in [-0.05, 0) is 60.7 Å². The van der Waals surface area contributed by atoms with Crippen molar-refractivity contribution in [3.05, 3.63) is 48.3 Å². The standard InChI is InChI=1S/C18H19N3O/c22-18(16-4-2-9-20-16)21-12-8-15-14(3-1-5-17(15)21)13-6-10-19-11-7-13/h1,3,5-7,10-11,16,20H,2,4,8-9,12H2/t16-/m0/s1. The molecule has 1 amide bonds. The van der Waals surface area contributed by atoms with Gasteiger partial charge in [-0.3, -0.25) is 9.78 Å². The maximum atomic E-state index is 12.7. The van der Waals surface area contributed by atoms with Crippen LogP contribution in [-0.2, 0) is 11.2 Å². The monoisotopic (exact) mass is 293 g/mol. The Labute approximate surface area is 130 Å². The summed E-state index contributed by atoms with van der Waals surface area (Å²) in [5.74, 6) is 0.225. The zero-order chi connectivity index (χ0) is 14.9. The number of pyridine rings is 1. The van der Waals surface area contributed by atoms with E-state index < -0.39 is 0 Å². The van der Waals surface area contributed by atoms with Gasteiger partial charge in [0.2, 0.25) is 5.91 Å². The van der Waals surface area contributed by atoms with Crippen LogP contribution in [0.4, 0.5) is 5.69 Å². The van der Waals surface area contributed by atoms with Gasteiger partial charge in [-0.2, -0.15) is 0 Å². The van der Waals surface area contributed by atoms with Crippen LogP contribution in [0.5, 0.6) is 0 Å². The summed E-state index contributed by atoms with van der Waals surface area (Å²) < 4.78 is 0. The van der Waals surface area contributed by atoms with E-state index in [1.807, 2.05) is 35.5 Å². The van der Waals surface area contributed by atoms with E-state index in [1.54, 1.807) is 0 Å². The van der Waals surface area contributed by atoms with E-state index >= 15 is 0 Å². The predicted molar refractivity (Wildman–Crippen MR) is 86.8 cm³/mol. The molecule has 1 N–H and O–H groups in total. The number of benzene rings is 1. The summed E-state index contributed by atoms with van der Waals surface area (Å²) in [5.41, 5.74) is 4.74. The second-order valence-corrected chi connectivity index (χ2v) is 5.93. The van der Waals surface area contributed by atoms with E-state index in [0.29, 0.717) is 0 Å². The fourth-order valence-corrected chi connectivity index (χ4v) is 3.55. The van der Waals surface area contributed by atoms with E-state index in [9.17, 15) is 4.79 Å². The summed E-state index contributed by atoms with van der Waals surface area (Å²) >= 11 is 0. The number of aromatic nitrogens is 1. The highest BCUT2D eigenvalue weighted by Gasteiger charge is 2.32. The summed E-state index contributed by atoms with van der Waals surface area (Å²) in [6.07, 6.45) is 6.60. The maximum Gasteiger partial charge on any atom is 0.244 e. The van der Waals surface area contributed by atoms with Crippen molar-refractivity contribution in [3.63, 3.8) is 0 Å². The number of nitrogens with one attached hydrogen (secondary N) is 1. The number of nitrogens with zero attached hydrogens (tertiary/aromatic N) is 2. The van der Waals surface area contributed by atoms with E-state index in [0.717, 1.165) is 38.0 Å². The van der Waals surface area contributed by atoms with Crippen molar-refractivity contribution in [1.29, 1.82) is 0 Å². The van der Waals surface area contributed by atoms with Crippen LogP contribution in [0.3, 0.4) is 0 Å². The molecule has 0 unspecified atom stereocenters. The van der Waals surface area contributed by atoms with E-state index in [-0.39, 0.29) is 11.9 Å². The van der Waals surface area contributed by atoms with Crippen molar-refractivity contribution < 1.29 is 4.79 Å². The molecule has 22 heavy (non-hydrogen) atoms. The van der Waals surface area contributed by atoms with Gasteiger partial charge in [0.1, 0.15) is 0 Å². The quantitative estimate of drug-likeness (QED) is 0.924. The summed E-state index contributed by atoms with van der Waals surface area (Å²) in [6, 6.07) is 10.3. The van der Waals surface area contributed by atoms with Crippen molar-refractivity contribution in [2.45, 2.75) is 25.3 Å². The fraction of sp³-hybridized carbons (Fsp3) is 0.333. The van der Waals surface area contributed by atoms with Crippen molar-refractivity contribution in [2.75, 3.05) is 18.0 Å². The third-order valence-electron chi connectivity index (χ3n) is 4.64. The van der Waals surface area contributed by atoms with Gasteiger partial charge in [0, 0.05) is 24.6 Å². The van der Waals surface area contributed by atoms with Gasteiger partial charge < -0.3 is 10.2 Å². The van der Waals surface area contributed by atoms with Crippen LogP contribution in [0.15, 0.2) is 42.7 Å². The number of carbonyl (C=O) groups is 1. The molecule has 0 saturated carbocycles. The molecular weight excluding hydrogens is 274 g/mol. The Morgan fingerprint density at radius 3 is 2.86 bits per heavy atom. The molecule has 4 nitrogen and oxygen atoms in total.